The fraction of sp³-hybridized carbons (Fsp3) is 0.417. The summed E-state index contributed by atoms with van der Waals surface area (Å²) >= 11 is 3.46. The van der Waals surface area contributed by atoms with Crippen LogP contribution in [0.5, 0.6) is 5.75 Å². The number of rotatable bonds is 10. The maximum atomic E-state index is 13.0. The lowest BCUT2D eigenvalue weighted by Crippen LogP contribution is -2.50. The van der Waals surface area contributed by atoms with Crippen LogP contribution >= 0.6 is 15.9 Å². The number of hydrogen-bond acceptors (Lipinski definition) is 3. The number of hydrogen-bond donors (Lipinski definition) is 1. The van der Waals surface area contributed by atoms with Gasteiger partial charge in [-0.3, -0.25) is 9.59 Å². The minimum Gasteiger partial charge on any atom is -0.484 e. The summed E-state index contributed by atoms with van der Waals surface area (Å²) in [4.78, 5) is 27.3. The normalized spacial score (nSPS) is 12.7. The second kappa shape index (κ2) is 11.7. The molecule has 2 rings (SSSR count). The number of nitrogens with one attached hydrogen (secondary N) is 1. The Morgan fingerprint density at radius 2 is 1.77 bits per heavy atom. The standard InChI is InChI=1S/C24H31BrN2O3/c1-5-17(3)26-24(29)18(4)27(15-20-8-7-9-21(25)14-20)23(28)16-30-22-12-10-19(6-2)11-13-22/h7-14,17-18H,5-6,15-16H2,1-4H3,(H,26,29)/t17-,18+/m0/s1. The van der Waals surface area contributed by atoms with E-state index < -0.39 is 6.04 Å². The zero-order valence-corrected chi connectivity index (χ0v) is 19.7. The number of nitrogens with zero attached hydrogens (tertiary/aromatic N) is 1. The quantitative estimate of drug-likeness (QED) is 0.541. The van der Waals surface area contributed by atoms with Gasteiger partial charge in [0, 0.05) is 17.1 Å². The zero-order valence-electron chi connectivity index (χ0n) is 18.2. The topological polar surface area (TPSA) is 58.6 Å². The van der Waals surface area contributed by atoms with E-state index >= 15 is 0 Å². The van der Waals surface area contributed by atoms with Crippen molar-refractivity contribution in [2.75, 3.05) is 6.61 Å². The second-order valence-electron chi connectivity index (χ2n) is 7.43. The molecular formula is C24H31BrN2O3. The van der Waals surface area contributed by atoms with Crippen molar-refractivity contribution in [1.29, 1.82) is 0 Å². The second-order valence-corrected chi connectivity index (χ2v) is 8.35. The van der Waals surface area contributed by atoms with Gasteiger partial charge in [0.05, 0.1) is 0 Å². The van der Waals surface area contributed by atoms with Gasteiger partial charge in [-0.15, -0.1) is 0 Å². The minimum absolute atomic E-state index is 0.0519. The number of carbonyl (C=O) groups excluding carboxylic acids is 2. The van der Waals surface area contributed by atoms with Gasteiger partial charge in [0.25, 0.3) is 5.91 Å². The van der Waals surface area contributed by atoms with E-state index in [1.54, 1.807) is 11.8 Å². The highest BCUT2D eigenvalue weighted by Gasteiger charge is 2.27. The summed E-state index contributed by atoms with van der Waals surface area (Å²) in [5, 5.41) is 2.97. The molecule has 0 heterocycles. The summed E-state index contributed by atoms with van der Waals surface area (Å²) in [7, 11) is 0. The summed E-state index contributed by atoms with van der Waals surface area (Å²) in [6.07, 6.45) is 1.78. The van der Waals surface area contributed by atoms with Gasteiger partial charge in [0.2, 0.25) is 5.91 Å². The molecular weight excluding hydrogens is 444 g/mol. The van der Waals surface area contributed by atoms with Gasteiger partial charge in [0.1, 0.15) is 11.8 Å². The lowest BCUT2D eigenvalue weighted by molar-refractivity contribution is -0.142. The van der Waals surface area contributed by atoms with Crippen LogP contribution < -0.4 is 10.1 Å². The third-order valence-corrected chi connectivity index (χ3v) is 5.60. The molecule has 2 aromatic rings. The summed E-state index contributed by atoms with van der Waals surface area (Å²) in [5.41, 5.74) is 2.15. The predicted octanol–water partition coefficient (Wildman–Crippen LogP) is 4.72. The molecule has 6 heteroatoms. The maximum Gasteiger partial charge on any atom is 0.261 e. The molecule has 0 radical (unpaired) electrons. The fourth-order valence-corrected chi connectivity index (χ4v) is 3.38. The molecule has 30 heavy (non-hydrogen) atoms. The molecule has 0 aliphatic carbocycles. The van der Waals surface area contributed by atoms with Crippen molar-refractivity contribution in [3.05, 3.63) is 64.1 Å². The predicted molar refractivity (Wildman–Crippen MR) is 123 cm³/mol. The largest absolute Gasteiger partial charge is 0.484 e. The van der Waals surface area contributed by atoms with Gasteiger partial charge in [-0.05, 0) is 62.1 Å². The Labute approximate surface area is 187 Å². The van der Waals surface area contributed by atoms with Crippen molar-refractivity contribution in [3.8, 4) is 5.75 Å². The first-order valence-corrected chi connectivity index (χ1v) is 11.2. The van der Waals surface area contributed by atoms with E-state index in [9.17, 15) is 9.59 Å². The van der Waals surface area contributed by atoms with Gasteiger partial charge >= 0.3 is 0 Å². The van der Waals surface area contributed by atoms with Crippen molar-refractivity contribution < 1.29 is 14.3 Å². The summed E-state index contributed by atoms with van der Waals surface area (Å²) in [6, 6.07) is 14.9. The van der Waals surface area contributed by atoms with Gasteiger partial charge in [0.15, 0.2) is 6.61 Å². The minimum atomic E-state index is -0.614. The lowest BCUT2D eigenvalue weighted by atomic mass is 10.1. The SMILES string of the molecule is CCc1ccc(OCC(=O)N(Cc2cccc(Br)c2)[C@H](C)C(=O)N[C@@H](C)CC)cc1. The van der Waals surface area contributed by atoms with E-state index in [1.165, 1.54) is 5.56 Å². The molecule has 2 atom stereocenters. The van der Waals surface area contributed by atoms with Crippen LogP contribution in [0.2, 0.25) is 0 Å². The van der Waals surface area contributed by atoms with Gasteiger partial charge in [-0.1, -0.05) is 54.0 Å². The summed E-state index contributed by atoms with van der Waals surface area (Å²) < 4.78 is 6.64. The summed E-state index contributed by atoms with van der Waals surface area (Å²) in [6.45, 7) is 8.01. The first-order chi connectivity index (χ1) is 14.3. The highest BCUT2D eigenvalue weighted by Crippen LogP contribution is 2.17. The van der Waals surface area contributed by atoms with Crippen molar-refractivity contribution in [2.45, 2.75) is 59.2 Å². The molecule has 0 aliphatic rings. The number of halogens is 1. The Bertz CT molecular complexity index is 839. The third kappa shape index (κ3) is 7.17. The Morgan fingerprint density at radius 1 is 1.07 bits per heavy atom. The highest BCUT2D eigenvalue weighted by molar-refractivity contribution is 9.10. The zero-order chi connectivity index (χ0) is 22.1. The highest BCUT2D eigenvalue weighted by atomic mass is 79.9. The van der Waals surface area contributed by atoms with E-state index in [0.717, 1.165) is 22.9 Å². The average molecular weight is 475 g/mol. The summed E-state index contributed by atoms with van der Waals surface area (Å²) in [5.74, 6) is 0.237. The van der Waals surface area contributed by atoms with Crippen LogP contribution in [-0.2, 0) is 22.6 Å². The molecule has 0 saturated heterocycles. The molecule has 162 valence electrons. The molecule has 0 unspecified atom stereocenters. The Kier molecular flexibility index (Phi) is 9.37. The molecule has 0 bridgehead atoms. The molecule has 0 saturated carbocycles. The van der Waals surface area contributed by atoms with Crippen molar-refractivity contribution in [1.82, 2.24) is 10.2 Å². The van der Waals surface area contributed by atoms with Crippen LogP contribution in [0.4, 0.5) is 0 Å². The van der Waals surface area contributed by atoms with Crippen LogP contribution in [0.1, 0.15) is 45.2 Å². The van der Waals surface area contributed by atoms with Crippen molar-refractivity contribution in [2.24, 2.45) is 0 Å². The molecule has 1 N–H and O–H groups in total. The first kappa shape index (κ1) is 23.9. The van der Waals surface area contributed by atoms with Crippen LogP contribution in [0.3, 0.4) is 0 Å². The number of amides is 2. The molecule has 2 amide bonds. The van der Waals surface area contributed by atoms with E-state index in [-0.39, 0.29) is 24.5 Å². The smallest absolute Gasteiger partial charge is 0.261 e. The van der Waals surface area contributed by atoms with E-state index in [1.807, 2.05) is 62.4 Å². The number of aryl methyl sites for hydroxylation is 1. The van der Waals surface area contributed by atoms with Crippen molar-refractivity contribution in [3.63, 3.8) is 0 Å². The van der Waals surface area contributed by atoms with E-state index in [2.05, 4.69) is 28.2 Å². The third-order valence-electron chi connectivity index (χ3n) is 5.10. The average Bonchev–Trinajstić information content (AvgIpc) is 2.75. The number of ether oxygens (including phenoxy) is 1. The Balaban J connectivity index is 2.13. The van der Waals surface area contributed by atoms with Gasteiger partial charge in [-0.2, -0.15) is 0 Å². The number of carbonyl (C=O) groups is 2. The van der Waals surface area contributed by atoms with Crippen molar-refractivity contribution >= 4 is 27.7 Å². The first-order valence-electron chi connectivity index (χ1n) is 10.4. The Morgan fingerprint density at radius 3 is 2.37 bits per heavy atom. The Hall–Kier alpha value is -2.34. The van der Waals surface area contributed by atoms with Crippen LogP contribution in [0, 0.1) is 0 Å². The van der Waals surface area contributed by atoms with Crippen LogP contribution in [0.25, 0.3) is 0 Å². The molecule has 0 aliphatic heterocycles. The fourth-order valence-electron chi connectivity index (χ4n) is 2.93. The van der Waals surface area contributed by atoms with Crippen LogP contribution in [-0.4, -0.2) is 35.4 Å². The molecule has 0 fully saturated rings. The molecule has 0 aromatic heterocycles. The van der Waals surface area contributed by atoms with Crippen LogP contribution in [0.15, 0.2) is 53.0 Å². The molecule has 5 nitrogen and oxygen atoms in total. The molecule has 2 aromatic carbocycles. The monoisotopic (exact) mass is 474 g/mol. The van der Waals surface area contributed by atoms with E-state index in [4.69, 9.17) is 4.74 Å². The molecule has 0 spiro atoms. The van der Waals surface area contributed by atoms with E-state index in [0.29, 0.717) is 12.3 Å². The van der Waals surface area contributed by atoms with Gasteiger partial charge in [-0.25, -0.2) is 0 Å². The van der Waals surface area contributed by atoms with Gasteiger partial charge < -0.3 is 15.0 Å². The maximum absolute atomic E-state index is 13.0. The lowest BCUT2D eigenvalue weighted by Gasteiger charge is -2.29. The number of benzene rings is 2.